The lowest BCUT2D eigenvalue weighted by atomic mass is 10.2. The number of anilines is 1. The molecule has 0 saturated carbocycles. The van der Waals surface area contributed by atoms with Crippen molar-refractivity contribution in [1.29, 1.82) is 0 Å². The van der Waals surface area contributed by atoms with Crippen molar-refractivity contribution in [2.24, 2.45) is 5.92 Å². The van der Waals surface area contributed by atoms with Crippen molar-refractivity contribution in [2.75, 3.05) is 11.6 Å². The topological polar surface area (TPSA) is 78.5 Å². The van der Waals surface area contributed by atoms with Crippen LogP contribution < -0.4 is 15.2 Å². The predicted molar refractivity (Wildman–Crippen MR) is 91.6 cm³/mol. The molecule has 1 atom stereocenters. The second-order valence-electron chi connectivity index (χ2n) is 5.79. The van der Waals surface area contributed by atoms with Gasteiger partial charge < -0.3 is 0 Å². The lowest BCUT2D eigenvalue weighted by Crippen LogP contribution is -2.33. The number of hydrogen-bond acceptors (Lipinski definition) is 4. The highest BCUT2D eigenvalue weighted by molar-refractivity contribution is 7.89. The highest BCUT2D eigenvalue weighted by atomic mass is 32.2. The molecule has 7 heteroatoms. The van der Waals surface area contributed by atoms with Gasteiger partial charge in [-0.25, -0.2) is 13.1 Å². The number of sulfonamides is 1. The maximum atomic E-state index is 12.3. The van der Waals surface area contributed by atoms with Crippen LogP contribution in [-0.2, 0) is 21.4 Å². The van der Waals surface area contributed by atoms with E-state index in [9.17, 15) is 13.2 Å². The third-order valence-corrected chi connectivity index (χ3v) is 5.33. The standard InChI is InChI=1S/C17H19N3O3S/c1-13-12-20(19-17(13)21)15-7-9-16(10-8-15)24(22,23)18-11-14-5-3-2-4-6-14/h2-10,13,18H,11-12H2,1H3,(H,19,21)/t13-/m1/s1. The molecule has 126 valence electrons. The Labute approximate surface area is 141 Å². The van der Waals surface area contributed by atoms with Gasteiger partial charge in [0.2, 0.25) is 15.9 Å². The average molecular weight is 345 g/mol. The van der Waals surface area contributed by atoms with E-state index in [-0.39, 0.29) is 23.3 Å². The second-order valence-corrected chi connectivity index (χ2v) is 7.56. The first-order valence-corrected chi connectivity index (χ1v) is 9.16. The minimum Gasteiger partial charge on any atom is -0.285 e. The lowest BCUT2D eigenvalue weighted by Gasteiger charge is -2.17. The molecule has 0 aromatic heterocycles. The third kappa shape index (κ3) is 3.58. The van der Waals surface area contributed by atoms with Crippen LogP contribution in [0.5, 0.6) is 0 Å². The highest BCUT2D eigenvalue weighted by Crippen LogP contribution is 2.20. The summed E-state index contributed by atoms with van der Waals surface area (Å²) in [7, 11) is -3.58. The molecule has 2 aromatic rings. The van der Waals surface area contributed by atoms with Crippen molar-refractivity contribution in [3.8, 4) is 0 Å². The second kappa shape index (κ2) is 6.62. The van der Waals surface area contributed by atoms with Gasteiger partial charge in [-0.3, -0.25) is 15.2 Å². The van der Waals surface area contributed by atoms with Crippen molar-refractivity contribution >= 4 is 21.6 Å². The van der Waals surface area contributed by atoms with Crippen LogP contribution in [0.4, 0.5) is 5.69 Å². The molecule has 1 aliphatic heterocycles. The van der Waals surface area contributed by atoms with Gasteiger partial charge in [0.15, 0.2) is 0 Å². The molecule has 2 aromatic carbocycles. The Balaban J connectivity index is 1.69. The molecule has 2 N–H and O–H groups in total. The number of carbonyl (C=O) groups excluding carboxylic acids is 1. The van der Waals surface area contributed by atoms with Crippen molar-refractivity contribution in [3.63, 3.8) is 0 Å². The molecule has 6 nitrogen and oxygen atoms in total. The molecular weight excluding hydrogens is 326 g/mol. The lowest BCUT2D eigenvalue weighted by molar-refractivity contribution is -0.121. The maximum Gasteiger partial charge on any atom is 0.243 e. The molecule has 1 fully saturated rings. The number of rotatable bonds is 5. The van der Waals surface area contributed by atoms with E-state index in [2.05, 4.69) is 10.1 Å². The first-order valence-electron chi connectivity index (χ1n) is 7.67. The van der Waals surface area contributed by atoms with Crippen LogP contribution in [0.3, 0.4) is 0 Å². The van der Waals surface area contributed by atoms with Crippen molar-refractivity contribution in [2.45, 2.75) is 18.4 Å². The zero-order valence-corrected chi connectivity index (χ0v) is 14.1. The fourth-order valence-electron chi connectivity index (χ4n) is 2.48. The largest absolute Gasteiger partial charge is 0.285 e. The van der Waals surface area contributed by atoms with Crippen molar-refractivity contribution < 1.29 is 13.2 Å². The number of hydrazine groups is 1. The molecule has 1 saturated heterocycles. The van der Waals surface area contributed by atoms with E-state index in [4.69, 9.17) is 0 Å². The van der Waals surface area contributed by atoms with E-state index in [1.165, 1.54) is 12.1 Å². The van der Waals surface area contributed by atoms with Gasteiger partial charge in [0.1, 0.15) is 0 Å². The van der Waals surface area contributed by atoms with E-state index < -0.39 is 10.0 Å². The summed E-state index contributed by atoms with van der Waals surface area (Å²) in [6, 6.07) is 15.8. The number of nitrogens with one attached hydrogen (secondary N) is 2. The molecule has 0 radical (unpaired) electrons. The van der Waals surface area contributed by atoms with E-state index in [1.54, 1.807) is 17.1 Å². The zero-order valence-electron chi connectivity index (χ0n) is 13.3. The number of nitrogens with zero attached hydrogens (tertiary/aromatic N) is 1. The van der Waals surface area contributed by atoms with E-state index in [0.29, 0.717) is 6.54 Å². The normalized spacial score (nSPS) is 17.8. The average Bonchev–Trinajstić information content (AvgIpc) is 2.93. The molecule has 1 amide bonds. The van der Waals surface area contributed by atoms with Gasteiger partial charge in [0.25, 0.3) is 0 Å². The summed E-state index contributed by atoms with van der Waals surface area (Å²) in [6.45, 7) is 2.66. The smallest absolute Gasteiger partial charge is 0.243 e. The van der Waals surface area contributed by atoms with Gasteiger partial charge in [-0.15, -0.1) is 0 Å². The van der Waals surface area contributed by atoms with Crippen molar-refractivity contribution in [1.82, 2.24) is 10.1 Å². The Morgan fingerprint density at radius 1 is 1.12 bits per heavy atom. The Morgan fingerprint density at radius 2 is 1.79 bits per heavy atom. The van der Waals surface area contributed by atoms with Crippen molar-refractivity contribution in [3.05, 3.63) is 60.2 Å². The van der Waals surface area contributed by atoms with Crippen LogP contribution in [-0.4, -0.2) is 20.9 Å². The summed E-state index contributed by atoms with van der Waals surface area (Å²) >= 11 is 0. The van der Waals surface area contributed by atoms with Crippen LogP contribution in [0.15, 0.2) is 59.5 Å². The first kappa shape index (κ1) is 16.5. The molecule has 0 aliphatic carbocycles. The van der Waals surface area contributed by atoms with Crippen LogP contribution >= 0.6 is 0 Å². The summed E-state index contributed by atoms with van der Waals surface area (Å²) in [6.07, 6.45) is 0. The van der Waals surface area contributed by atoms with E-state index >= 15 is 0 Å². The molecule has 1 heterocycles. The van der Waals surface area contributed by atoms with Gasteiger partial charge in [0.05, 0.1) is 23.0 Å². The molecule has 0 spiro atoms. The fourth-order valence-corrected chi connectivity index (χ4v) is 3.50. The predicted octanol–water partition coefficient (Wildman–Crippen LogP) is 1.65. The Hall–Kier alpha value is -2.38. The Morgan fingerprint density at radius 3 is 2.38 bits per heavy atom. The summed E-state index contributed by atoms with van der Waals surface area (Å²) in [5, 5.41) is 1.72. The van der Waals surface area contributed by atoms with E-state index in [0.717, 1.165) is 11.3 Å². The summed E-state index contributed by atoms with van der Waals surface area (Å²) in [5.41, 5.74) is 4.41. The number of amides is 1. The van der Waals surface area contributed by atoms with Gasteiger partial charge in [0, 0.05) is 6.54 Å². The fraction of sp³-hybridized carbons (Fsp3) is 0.235. The molecule has 24 heavy (non-hydrogen) atoms. The maximum absolute atomic E-state index is 12.3. The Kier molecular flexibility index (Phi) is 4.55. The molecule has 0 bridgehead atoms. The number of benzene rings is 2. The van der Waals surface area contributed by atoms with Crippen LogP contribution in [0.25, 0.3) is 0 Å². The quantitative estimate of drug-likeness (QED) is 0.864. The molecular formula is C17H19N3O3S. The third-order valence-electron chi connectivity index (χ3n) is 3.92. The minimum atomic E-state index is -3.58. The Bertz CT molecular complexity index is 820. The molecule has 1 aliphatic rings. The number of hydrogen-bond donors (Lipinski definition) is 2. The van der Waals surface area contributed by atoms with Crippen LogP contribution in [0.1, 0.15) is 12.5 Å². The van der Waals surface area contributed by atoms with Crippen LogP contribution in [0.2, 0.25) is 0 Å². The SMILES string of the molecule is C[C@@H]1CN(c2ccc(S(=O)(=O)NCc3ccccc3)cc2)NC1=O. The van der Waals surface area contributed by atoms with Gasteiger partial charge >= 0.3 is 0 Å². The van der Waals surface area contributed by atoms with Gasteiger partial charge in [-0.1, -0.05) is 37.3 Å². The van der Waals surface area contributed by atoms with Crippen LogP contribution in [0, 0.1) is 5.92 Å². The zero-order chi connectivity index (χ0) is 17.2. The first-order chi connectivity index (χ1) is 11.5. The summed E-state index contributed by atoms with van der Waals surface area (Å²) < 4.78 is 27.3. The number of carbonyl (C=O) groups is 1. The molecule has 0 unspecified atom stereocenters. The van der Waals surface area contributed by atoms with E-state index in [1.807, 2.05) is 37.3 Å². The monoisotopic (exact) mass is 345 g/mol. The van der Waals surface area contributed by atoms with Gasteiger partial charge in [-0.2, -0.15) is 0 Å². The summed E-state index contributed by atoms with van der Waals surface area (Å²) in [4.78, 5) is 11.7. The molecule has 3 rings (SSSR count). The summed E-state index contributed by atoms with van der Waals surface area (Å²) in [5.74, 6) is -0.114. The van der Waals surface area contributed by atoms with Gasteiger partial charge in [-0.05, 0) is 29.8 Å². The highest BCUT2D eigenvalue weighted by Gasteiger charge is 2.26. The minimum absolute atomic E-state index is 0.0313.